The second-order valence-corrected chi connectivity index (χ2v) is 12.0. The Labute approximate surface area is 242 Å². The number of amides is 1. The number of nitrogens with zero attached hydrogens (tertiary/aromatic N) is 2. The number of carbonyl (C=O) groups excluding carboxylic acids is 1. The van der Waals surface area contributed by atoms with Crippen molar-refractivity contribution in [3.05, 3.63) is 105 Å². The number of hydrogen-bond acceptors (Lipinski definition) is 6. The Morgan fingerprint density at radius 2 is 1.57 bits per heavy atom. The van der Waals surface area contributed by atoms with Crippen LogP contribution in [0.15, 0.2) is 72.1 Å². The molecule has 0 aliphatic rings. The van der Waals surface area contributed by atoms with Crippen LogP contribution in [0.4, 0.5) is 5.69 Å². The first-order valence-corrected chi connectivity index (χ1v) is 14.4. The lowest BCUT2D eigenvalue weighted by Gasteiger charge is -2.23. The third kappa shape index (κ3) is 7.93. The van der Waals surface area contributed by atoms with Crippen molar-refractivity contribution in [2.24, 2.45) is 0 Å². The van der Waals surface area contributed by atoms with E-state index in [9.17, 15) is 4.79 Å². The Morgan fingerprint density at radius 3 is 2.23 bits per heavy atom. The minimum Gasteiger partial charge on any atom is -0.493 e. The first kappa shape index (κ1) is 29.3. The van der Waals surface area contributed by atoms with Gasteiger partial charge < -0.3 is 14.8 Å². The summed E-state index contributed by atoms with van der Waals surface area (Å²) in [6, 6.07) is 22.7. The molecule has 0 spiro atoms. The van der Waals surface area contributed by atoms with Gasteiger partial charge in [-0.1, -0.05) is 68.8 Å². The van der Waals surface area contributed by atoms with Crippen LogP contribution in [0, 0.1) is 6.92 Å². The maximum atomic E-state index is 12.8. The van der Waals surface area contributed by atoms with Crippen LogP contribution in [-0.4, -0.2) is 36.6 Å². The van der Waals surface area contributed by atoms with E-state index in [0.717, 1.165) is 47.3 Å². The van der Waals surface area contributed by atoms with Crippen molar-refractivity contribution in [1.29, 1.82) is 0 Å². The normalized spacial score (nSPS) is 11.5. The molecule has 1 N–H and O–H groups in total. The van der Waals surface area contributed by atoms with Crippen LogP contribution < -0.4 is 14.8 Å². The highest BCUT2D eigenvalue weighted by Crippen LogP contribution is 2.28. The van der Waals surface area contributed by atoms with Gasteiger partial charge in [-0.3, -0.25) is 9.69 Å². The molecule has 0 radical (unpaired) electrons. The first-order valence-electron chi connectivity index (χ1n) is 13.5. The predicted molar refractivity (Wildman–Crippen MR) is 164 cm³/mol. The number of benzene rings is 3. The van der Waals surface area contributed by atoms with Gasteiger partial charge in [0.15, 0.2) is 11.5 Å². The highest BCUT2D eigenvalue weighted by molar-refractivity contribution is 7.09. The van der Waals surface area contributed by atoms with Crippen LogP contribution in [-0.2, 0) is 24.9 Å². The minimum absolute atomic E-state index is 0.113. The molecule has 0 saturated carbocycles. The molecule has 0 aliphatic carbocycles. The number of methoxy groups -OCH3 is 2. The third-order valence-corrected chi connectivity index (χ3v) is 7.68. The van der Waals surface area contributed by atoms with Crippen molar-refractivity contribution in [3.8, 4) is 11.5 Å². The van der Waals surface area contributed by atoms with Crippen LogP contribution in [0.1, 0.15) is 58.5 Å². The Hall–Kier alpha value is -3.68. The van der Waals surface area contributed by atoms with Gasteiger partial charge in [0.05, 0.1) is 20.8 Å². The maximum Gasteiger partial charge on any atom is 0.275 e. The summed E-state index contributed by atoms with van der Waals surface area (Å²) in [6.07, 6.45) is 0.840. The number of ether oxygens (including phenoxy) is 2. The topological polar surface area (TPSA) is 63.7 Å². The average molecular weight is 558 g/mol. The number of aromatic nitrogens is 1. The standard InChI is InChI=1S/C33H39N3O3S/c1-23-7-14-27(15-8-23)34-32(37)28-22-40-31(35-28)21-36(20-25-9-12-26(13-10-25)33(2,3)4)18-17-24-11-16-29(38-5)30(19-24)39-6/h7-16,19,22H,17-18,20-21H2,1-6H3,(H,34,37). The number of carbonyl (C=O) groups is 1. The summed E-state index contributed by atoms with van der Waals surface area (Å²) in [5.41, 5.74) is 6.20. The molecule has 6 nitrogen and oxygen atoms in total. The summed E-state index contributed by atoms with van der Waals surface area (Å²) in [5, 5.41) is 5.69. The first-order chi connectivity index (χ1) is 19.1. The second kappa shape index (κ2) is 13.1. The fourth-order valence-corrected chi connectivity index (χ4v) is 5.23. The Morgan fingerprint density at radius 1 is 0.900 bits per heavy atom. The van der Waals surface area contributed by atoms with E-state index in [-0.39, 0.29) is 11.3 Å². The van der Waals surface area contributed by atoms with Gasteiger partial charge in [-0.25, -0.2) is 4.98 Å². The molecule has 1 aromatic heterocycles. The third-order valence-electron chi connectivity index (χ3n) is 6.84. The van der Waals surface area contributed by atoms with Gasteiger partial charge in [-0.15, -0.1) is 11.3 Å². The lowest BCUT2D eigenvalue weighted by molar-refractivity contribution is 0.102. The summed E-state index contributed by atoms with van der Waals surface area (Å²) in [6.45, 7) is 11.0. The smallest absolute Gasteiger partial charge is 0.275 e. The molecule has 4 aromatic rings. The van der Waals surface area contributed by atoms with E-state index in [4.69, 9.17) is 9.47 Å². The molecule has 40 heavy (non-hydrogen) atoms. The Bertz CT molecular complexity index is 1410. The van der Waals surface area contributed by atoms with Gasteiger partial charge in [0.25, 0.3) is 5.91 Å². The molecule has 4 rings (SSSR count). The van der Waals surface area contributed by atoms with Gasteiger partial charge in [0.2, 0.25) is 0 Å². The van der Waals surface area contributed by atoms with Gasteiger partial charge in [-0.05, 0) is 59.7 Å². The number of thiazole rings is 1. The van der Waals surface area contributed by atoms with Crippen molar-refractivity contribution in [3.63, 3.8) is 0 Å². The largest absolute Gasteiger partial charge is 0.493 e. The van der Waals surface area contributed by atoms with E-state index in [1.165, 1.54) is 28.0 Å². The molecule has 0 fully saturated rings. The highest BCUT2D eigenvalue weighted by Gasteiger charge is 2.17. The molecule has 210 valence electrons. The zero-order valence-corrected chi connectivity index (χ0v) is 25.1. The molecular weight excluding hydrogens is 518 g/mol. The summed E-state index contributed by atoms with van der Waals surface area (Å²) < 4.78 is 10.9. The molecular formula is C33H39N3O3S. The van der Waals surface area contributed by atoms with E-state index in [1.54, 1.807) is 14.2 Å². The van der Waals surface area contributed by atoms with Crippen molar-refractivity contribution < 1.29 is 14.3 Å². The fraction of sp³-hybridized carbons (Fsp3) is 0.333. The summed E-state index contributed by atoms with van der Waals surface area (Å²) in [7, 11) is 3.30. The fourth-order valence-electron chi connectivity index (χ4n) is 4.42. The number of aryl methyl sites for hydroxylation is 1. The number of anilines is 1. The SMILES string of the molecule is COc1ccc(CCN(Cc2ccc(C(C)(C)C)cc2)Cc2nc(C(=O)Nc3ccc(C)cc3)cs2)cc1OC. The summed E-state index contributed by atoms with van der Waals surface area (Å²) in [5.74, 6) is 1.26. The molecule has 0 bridgehead atoms. The Kier molecular flexibility index (Phi) is 9.61. The van der Waals surface area contributed by atoms with Gasteiger partial charge in [0.1, 0.15) is 10.7 Å². The van der Waals surface area contributed by atoms with E-state index < -0.39 is 0 Å². The summed E-state index contributed by atoms with van der Waals surface area (Å²) in [4.78, 5) is 19.9. The van der Waals surface area contributed by atoms with Crippen LogP contribution in [0.5, 0.6) is 11.5 Å². The van der Waals surface area contributed by atoms with Crippen LogP contribution in [0.25, 0.3) is 0 Å². The average Bonchev–Trinajstić information content (AvgIpc) is 3.41. The molecule has 0 unspecified atom stereocenters. The van der Waals surface area contributed by atoms with E-state index in [1.807, 2.05) is 48.7 Å². The van der Waals surface area contributed by atoms with Crippen molar-refractivity contribution in [1.82, 2.24) is 9.88 Å². The van der Waals surface area contributed by atoms with E-state index in [0.29, 0.717) is 12.2 Å². The van der Waals surface area contributed by atoms with Gasteiger partial charge in [-0.2, -0.15) is 0 Å². The van der Waals surface area contributed by atoms with Crippen molar-refractivity contribution >= 4 is 22.9 Å². The molecule has 1 heterocycles. The van der Waals surface area contributed by atoms with Crippen molar-refractivity contribution in [2.45, 2.75) is 52.6 Å². The lowest BCUT2D eigenvalue weighted by Crippen LogP contribution is -2.25. The minimum atomic E-state index is -0.194. The number of hydrogen-bond donors (Lipinski definition) is 1. The zero-order chi connectivity index (χ0) is 28.7. The molecule has 7 heteroatoms. The molecule has 0 aliphatic heterocycles. The van der Waals surface area contributed by atoms with E-state index >= 15 is 0 Å². The second-order valence-electron chi connectivity index (χ2n) is 11.0. The quantitative estimate of drug-likeness (QED) is 0.210. The monoisotopic (exact) mass is 557 g/mol. The molecule has 3 aromatic carbocycles. The van der Waals surface area contributed by atoms with Crippen LogP contribution >= 0.6 is 11.3 Å². The lowest BCUT2D eigenvalue weighted by atomic mass is 9.87. The zero-order valence-electron chi connectivity index (χ0n) is 24.3. The summed E-state index contributed by atoms with van der Waals surface area (Å²) >= 11 is 1.52. The highest BCUT2D eigenvalue weighted by atomic mass is 32.1. The Balaban J connectivity index is 1.48. The molecule has 0 saturated heterocycles. The maximum absolute atomic E-state index is 12.8. The van der Waals surface area contributed by atoms with Crippen molar-refractivity contribution in [2.75, 3.05) is 26.1 Å². The van der Waals surface area contributed by atoms with Gasteiger partial charge >= 0.3 is 0 Å². The number of nitrogens with one attached hydrogen (secondary N) is 1. The molecule has 0 atom stereocenters. The van der Waals surface area contributed by atoms with Gasteiger partial charge in [0, 0.05) is 24.2 Å². The number of rotatable bonds is 11. The van der Waals surface area contributed by atoms with Crippen LogP contribution in [0.3, 0.4) is 0 Å². The molecule has 1 amide bonds. The predicted octanol–water partition coefficient (Wildman–Crippen LogP) is 7.26. The van der Waals surface area contributed by atoms with Crippen LogP contribution in [0.2, 0.25) is 0 Å². The van der Waals surface area contributed by atoms with E-state index in [2.05, 4.69) is 66.3 Å².